The van der Waals surface area contributed by atoms with Gasteiger partial charge in [-0.3, -0.25) is 9.69 Å². The van der Waals surface area contributed by atoms with E-state index in [1.165, 1.54) is 11.0 Å². The molecule has 1 heterocycles. The second-order valence-electron chi connectivity index (χ2n) is 6.42. The summed E-state index contributed by atoms with van der Waals surface area (Å²) in [6.07, 6.45) is 1.40. The molecular weight excluding hydrogens is 297 g/mol. The maximum Gasteiger partial charge on any atom is 0.224 e. The van der Waals surface area contributed by atoms with Crippen molar-refractivity contribution in [2.45, 2.75) is 31.4 Å². The van der Waals surface area contributed by atoms with Crippen LogP contribution in [0.3, 0.4) is 0 Å². The Balaban J connectivity index is 2.04. The van der Waals surface area contributed by atoms with E-state index >= 15 is 0 Å². The molecule has 1 saturated heterocycles. The molecule has 0 spiro atoms. The topological polar surface area (TPSA) is 67.6 Å². The smallest absolute Gasteiger partial charge is 0.224 e. The van der Waals surface area contributed by atoms with Crippen LogP contribution in [0.25, 0.3) is 0 Å². The normalized spacial score (nSPS) is 21.7. The van der Waals surface area contributed by atoms with Gasteiger partial charge >= 0.3 is 0 Å². The number of likely N-dealkylation sites (tertiary alicyclic amines) is 1. The molecule has 0 saturated carbocycles. The Morgan fingerprint density at radius 1 is 1.52 bits per heavy atom. The number of nitriles is 1. The Labute approximate surface area is 135 Å². The lowest BCUT2D eigenvalue weighted by atomic mass is 9.89. The summed E-state index contributed by atoms with van der Waals surface area (Å²) in [7, 11) is 3.33. The van der Waals surface area contributed by atoms with Crippen LogP contribution in [0.2, 0.25) is 0 Å². The van der Waals surface area contributed by atoms with E-state index in [0.717, 1.165) is 13.0 Å². The molecule has 0 aliphatic carbocycles. The Bertz CT molecular complexity index is 627. The number of carbonyl (C=O) groups excluding carboxylic acids is 1. The van der Waals surface area contributed by atoms with Crippen molar-refractivity contribution in [3.05, 3.63) is 35.1 Å². The van der Waals surface area contributed by atoms with Crippen molar-refractivity contribution in [3.63, 3.8) is 0 Å². The maximum absolute atomic E-state index is 14.0. The van der Waals surface area contributed by atoms with E-state index in [0.29, 0.717) is 25.1 Å². The van der Waals surface area contributed by atoms with Crippen LogP contribution < -0.4 is 0 Å². The summed E-state index contributed by atoms with van der Waals surface area (Å²) >= 11 is 0. The summed E-state index contributed by atoms with van der Waals surface area (Å²) in [5.74, 6) is -0.526. The number of carbonyl (C=O) groups is 1. The Morgan fingerprint density at radius 3 is 2.87 bits per heavy atom. The molecule has 124 valence electrons. The van der Waals surface area contributed by atoms with Crippen LogP contribution in [0.5, 0.6) is 0 Å². The summed E-state index contributed by atoms with van der Waals surface area (Å²) in [5, 5.41) is 19.4. The molecule has 1 fully saturated rings. The van der Waals surface area contributed by atoms with Crippen LogP contribution in [0.1, 0.15) is 30.4 Å². The molecule has 1 aliphatic rings. The summed E-state index contributed by atoms with van der Waals surface area (Å²) in [5.41, 5.74) is -0.284. The summed E-state index contributed by atoms with van der Waals surface area (Å²) in [6, 6.07) is 6.32. The van der Waals surface area contributed by atoms with Crippen molar-refractivity contribution < 1.29 is 14.3 Å². The lowest BCUT2D eigenvalue weighted by Crippen LogP contribution is -2.50. The molecular formula is C17H22FN3O2. The lowest BCUT2D eigenvalue weighted by molar-refractivity contribution is -0.136. The minimum absolute atomic E-state index is 0.0757. The molecule has 0 radical (unpaired) electrons. The highest BCUT2D eigenvalue weighted by Gasteiger charge is 2.35. The number of nitrogens with zero attached hydrogens (tertiary/aromatic N) is 3. The number of benzene rings is 1. The number of rotatable bonds is 4. The third-order valence-corrected chi connectivity index (χ3v) is 4.19. The molecule has 6 heteroatoms. The summed E-state index contributed by atoms with van der Waals surface area (Å²) < 4.78 is 14.0. The van der Waals surface area contributed by atoms with E-state index in [4.69, 9.17) is 5.26 Å². The van der Waals surface area contributed by atoms with Gasteiger partial charge in [0, 0.05) is 32.7 Å². The van der Waals surface area contributed by atoms with Gasteiger partial charge in [-0.1, -0.05) is 6.07 Å². The zero-order valence-corrected chi connectivity index (χ0v) is 13.5. The number of aliphatic hydroxyl groups is 1. The number of β-amino-alcohol motifs (C(OH)–C–C–N with tert-alkyl or cyclic N) is 1. The van der Waals surface area contributed by atoms with Crippen molar-refractivity contribution in [2.75, 3.05) is 27.2 Å². The highest BCUT2D eigenvalue weighted by atomic mass is 19.1. The van der Waals surface area contributed by atoms with Crippen LogP contribution in [0, 0.1) is 17.1 Å². The van der Waals surface area contributed by atoms with Crippen molar-refractivity contribution in [2.24, 2.45) is 0 Å². The third-order valence-electron chi connectivity index (χ3n) is 4.19. The highest BCUT2D eigenvalue weighted by Crippen LogP contribution is 2.26. The first kappa shape index (κ1) is 17.4. The minimum atomic E-state index is -1.07. The largest absolute Gasteiger partial charge is 0.388 e. The van der Waals surface area contributed by atoms with Crippen LogP contribution in [-0.4, -0.2) is 53.6 Å². The first-order valence-corrected chi connectivity index (χ1v) is 7.66. The van der Waals surface area contributed by atoms with Crippen LogP contribution in [0.15, 0.2) is 18.2 Å². The van der Waals surface area contributed by atoms with Gasteiger partial charge in [0.1, 0.15) is 5.82 Å². The van der Waals surface area contributed by atoms with Gasteiger partial charge < -0.3 is 10.0 Å². The number of halogens is 1. The molecule has 23 heavy (non-hydrogen) atoms. The van der Waals surface area contributed by atoms with Gasteiger partial charge in [0.05, 0.1) is 23.7 Å². The van der Waals surface area contributed by atoms with Gasteiger partial charge in [0.25, 0.3) is 0 Å². The second kappa shape index (κ2) is 7.07. The molecule has 0 bridgehead atoms. The fourth-order valence-corrected chi connectivity index (χ4v) is 2.91. The molecule has 0 aromatic heterocycles. The Kier molecular flexibility index (Phi) is 5.34. The van der Waals surface area contributed by atoms with Gasteiger partial charge in [-0.15, -0.1) is 0 Å². The van der Waals surface area contributed by atoms with Gasteiger partial charge in [-0.05, 0) is 31.5 Å². The van der Waals surface area contributed by atoms with Crippen molar-refractivity contribution in [1.82, 2.24) is 9.80 Å². The van der Waals surface area contributed by atoms with Gasteiger partial charge in [-0.2, -0.15) is 5.26 Å². The number of amides is 1. The summed E-state index contributed by atoms with van der Waals surface area (Å²) in [6.45, 7) is 1.44. The zero-order valence-electron chi connectivity index (χ0n) is 13.5. The van der Waals surface area contributed by atoms with Gasteiger partial charge in [0.2, 0.25) is 5.91 Å². The number of hydrogen-bond donors (Lipinski definition) is 1. The van der Waals surface area contributed by atoms with Crippen molar-refractivity contribution >= 4 is 5.91 Å². The van der Waals surface area contributed by atoms with Crippen LogP contribution >= 0.6 is 0 Å². The quantitative estimate of drug-likeness (QED) is 0.913. The highest BCUT2D eigenvalue weighted by molar-refractivity contribution is 5.76. The van der Waals surface area contributed by atoms with E-state index in [1.54, 1.807) is 26.2 Å². The predicted octanol–water partition coefficient (Wildman–Crippen LogP) is 1.50. The molecule has 1 N–H and O–H groups in total. The maximum atomic E-state index is 14.0. The van der Waals surface area contributed by atoms with E-state index in [-0.39, 0.29) is 17.9 Å². The molecule has 1 unspecified atom stereocenters. The second-order valence-corrected chi connectivity index (χ2v) is 6.42. The Morgan fingerprint density at radius 2 is 2.26 bits per heavy atom. The van der Waals surface area contributed by atoms with Crippen LogP contribution in [-0.2, 0) is 11.3 Å². The van der Waals surface area contributed by atoms with E-state index in [9.17, 15) is 14.3 Å². The predicted molar refractivity (Wildman–Crippen MR) is 83.9 cm³/mol. The minimum Gasteiger partial charge on any atom is -0.388 e. The first-order valence-electron chi connectivity index (χ1n) is 7.66. The first-order chi connectivity index (χ1) is 10.8. The average molecular weight is 319 g/mol. The zero-order chi connectivity index (χ0) is 17.0. The van der Waals surface area contributed by atoms with E-state index in [2.05, 4.69) is 0 Å². The molecule has 5 nitrogen and oxygen atoms in total. The number of piperidine rings is 1. The monoisotopic (exact) mass is 319 g/mol. The van der Waals surface area contributed by atoms with E-state index < -0.39 is 11.4 Å². The van der Waals surface area contributed by atoms with Crippen molar-refractivity contribution in [3.8, 4) is 6.07 Å². The van der Waals surface area contributed by atoms with Crippen molar-refractivity contribution in [1.29, 1.82) is 5.26 Å². The van der Waals surface area contributed by atoms with E-state index in [1.807, 2.05) is 11.0 Å². The number of hydrogen-bond acceptors (Lipinski definition) is 4. The molecule has 2 rings (SSSR count). The molecule has 1 atom stereocenters. The molecule has 1 aliphatic heterocycles. The molecule has 1 amide bonds. The third kappa shape index (κ3) is 4.50. The molecule has 1 aromatic carbocycles. The lowest BCUT2D eigenvalue weighted by Gasteiger charge is -2.39. The fraction of sp³-hybridized carbons (Fsp3) is 0.529. The van der Waals surface area contributed by atoms with Gasteiger partial charge in [0.15, 0.2) is 0 Å². The molecule has 1 aromatic rings. The Hall–Kier alpha value is -1.97. The standard InChI is InChI=1S/C17H22FN3O2/c1-20(2)16(22)9-17(23)6-3-7-21(12-17)11-14-5-4-13(10-19)8-15(14)18/h4-5,8,23H,3,6-7,9,11-12H2,1-2H3. The van der Waals surface area contributed by atoms with Gasteiger partial charge in [-0.25, -0.2) is 4.39 Å². The SMILES string of the molecule is CN(C)C(=O)CC1(O)CCCN(Cc2ccc(C#N)cc2F)C1. The van der Waals surface area contributed by atoms with Crippen LogP contribution in [0.4, 0.5) is 4.39 Å². The average Bonchev–Trinajstić information content (AvgIpc) is 2.48. The summed E-state index contributed by atoms with van der Waals surface area (Å²) in [4.78, 5) is 15.3. The fourth-order valence-electron chi connectivity index (χ4n) is 2.91.